The Morgan fingerprint density at radius 2 is 1.69 bits per heavy atom. The number of carbonyl (C=O) groups is 1. The van der Waals surface area contributed by atoms with Crippen molar-refractivity contribution in [2.45, 2.75) is 35.8 Å². The Labute approximate surface area is 205 Å². The molecule has 12 heteroatoms. The standard InChI is InChI=1S/C24H18F5N3O3S/c1-12(24(27,28)29)30-11-32(31-7-6-18(33)22(34)21(31)23(30)35)20-16-8-14(25)3-2-13(16)10-36-19-5-4-15(26)9-17(19)20/h2-9,12,20,34H,10-11H2,1H3/t12?,20-/m0/s1. The Morgan fingerprint density at radius 1 is 1.03 bits per heavy atom. The molecule has 2 atom stereocenters. The first-order valence-electron chi connectivity index (χ1n) is 10.8. The van der Waals surface area contributed by atoms with Gasteiger partial charge in [0.1, 0.15) is 24.3 Å². The molecule has 6 nitrogen and oxygen atoms in total. The first-order chi connectivity index (χ1) is 17.0. The number of thioether (sulfide) groups is 1. The molecule has 0 radical (unpaired) electrons. The molecular formula is C24H18F5N3O3S. The number of aromatic hydroxyl groups is 1. The van der Waals surface area contributed by atoms with E-state index in [9.17, 15) is 36.6 Å². The SMILES string of the molecule is CC(N1CN([C@H]2c3cc(F)ccc3CSc3ccc(F)cc32)n2ccc(=O)c(O)c2C1=O)C(F)(F)F. The van der Waals surface area contributed by atoms with Crippen LogP contribution in [-0.4, -0.2) is 39.5 Å². The van der Waals surface area contributed by atoms with Gasteiger partial charge in [-0.15, -0.1) is 11.8 Å². The number of pyridine rings is 1. The molecule has 5 rings (SSSR count). The first kappa shape index (κ1) is 24.2. The van der Waals surface area contributed by atoms with Crippen molar-refractivity contribution in [1.82, 2.24) is 9.58 Å². The number of fused-ring (bicyclic) bond motifs is 3. The van der Waals surface area contributed by atoms with Crippen LogP contribution >= 0.6 is 11.8 Å². The zero-order valence-corrected chi connectivity index (χ0v) is 19.4. The van der Waals surface area contributed by atoms with Gasteiger partial charge < -0.3 is 10.0 Å². The van der Waals surface area contributed by atoms with E-state index in [4.69, 9.17) is 0 Å². The van der Waals surface area contributed by atoms with Gasteiger partial charge in [-0.25, -0.2) is 8.78 Å². The van der Waals surface area contributed by atoms with Gasteiger partial charge >= 0.3 is 6.18 Å². The monoisotopic (exact) mass is 523 g/mol. The van der Waals surface area contributed by atoms with Crippen LogP contribution in [0.4, 0.5) is 22.0 Å². The van der Waals surface area contributed by atoms with Crippen LogP contribution in [0.3, 0.4) is 0 Å². The number of rotatable bonds is 2. The zero-order chi connectivity index (χ0) is 25.9. The molecule has 3 aromatic rings. The predicted molar refractivity (Wildman–Crippen MR) is 121 cm³/mol. The molecule has 0 saturated carbocycles. The van der Waals surface area contributed by atoms with Crippen LogP contribution < -0.4 is 10.4 Å². The van der Waals surface area contributed by atoms with Gasteiger partial charge in [0, 0.05) is 22.9 Å². The summed E-state index contributed by atoms with van der Waals surface area (Å²) >= 11 is 1.35. The number of alkyl halides is 3. The van der Waals surface area contributed by atoms with Crippen molar-refractivity contribution in [3.63, 3.8) is 0 Å². The third-order valence-corrected chi connectivity index (χ3v) is 7.52. The topological polar surface area (TPSA) is 65.8 Å². The van der Waals surface area contributed by atoms with Gasteiger partial charge in [0.25, 0.3) is 5.91 Å². The fraction of sp³-hybridized carbons (Fsp3) is 0.250. The number of nitrogens with zero attached hydrogens (tertiary/aromatic N) is 3. The predicted octanol–water partition coefficient (Wildman–Crippen LogP) is 4.53. The maximum Gasteiger partial charge on any atom is 0.408 e. The van der Waals surface area contributed by atoms with Gasteiger partial charge in [0.15, 0.2) is 11.4 Å². The quantitative estimate of drug-likeness (QED) is 0.501. The number of hydrogen-bond donors (Lipinski definition) is 1. The van der Waals surface area contributed by atoms with Gasteiger partial charge in [-0.2, -0.15) is 13.2 Å². The molecular weight excluding hydrogens is 505 g/mol. The Hall–Kier alpha value is -3.54. The number of amides is 1. The summed E-state index contributed by atoms with van der Waals surface area (Å²) in [7, 11) is 0. The Morgan fingerprint density at radius 3 is 2.39 bits per heavy atom. The van der Waals surface area contributed by atoms with E-state index in [-0.39, 0.29) is 0 Å². The second-order valence-electron chi connectivity index (χ2n) is 8.51. The van der Waals surface area contributed by atoms with Crippen molar-refractivity contribution in [3.8, 4) is 5.75 Å². The largest absolute Gasteiger partial charge is 0.502 e. The minimum absolute atomic E-state index is 0.336. The van der Waals surface area contributed by atoms with Crippen LogP contribution in [0.15, 0.2) is 58.4 Å². The molecule has 3 heterocycles. The molecule has 1 unspecified atom stereocenters. The summed E-state index contributed by atoms with van der Waals surface area (Å²) in [5.41, 5.74) is -0.280. The number of aromatic nitrogens is 1. The molecule has 188 valence electrons. The maximum absolute atomic E-state index is 14.5. The van der Waals surface area contributed by atoms with E-state index < -0.39 is 59.3 Å². The number of benzene rings is 2. The molecule has 0 bridgehead atoms. The van der Waals surface area contributed by atoms with Crippen LogP contribution in [0, 0.1) is 11.6 Å². The lowest BCUT2D eigenvalue weighted by Gasteiger charge is -2.46. The van der Waals surface area contributed by atoms with Crippen molar-refractivity contribution in [2.24, 2.45) is 0 Å². The van der Waals surface area contributed by atoms with Crippen LogP contribution in [0.5, 0.6) is 5.75 Å². The highest BCUT2D eigenvalue weighted by atomic mass is 32.2. The first-order valence-corrected chi connectivity index (χ1v) is 11.8. The maximum atomic E-state index is 14.5. The highest BCUT2D eigenvalue weighted by molar-refractivity contribution is 7.98. The molecule has 0 saturated heterocycles. The van der Waals surface area contributed by atoms with E-state index in [0.717, 1.165) is 23.9 Å². The van der Waals surface area contributed by atoms with Crippen molar-refractivity contribution < 1.29 is 31.9 Å². The lowest BCUT2D eigenvalue weighted by Crippen LogP contribution is -2.60. The molecule has 2 aliphatic rings. The lowest BCUT2D eigenvalue weighted by atomic mass is 9.94. The summed E-state index contributed by atoms with van der Waals surface area (Å²) in [6.45, 7) is 0.143. The minimum atomic E-state index is -4.82. The Kier molecular flexibility index (Phi) is 5.73. The van der Waals surface area contributed by atoms with Crippen molar-refractivity contribution in [3.05, 3.63) is 92.9 Å². The molecule has 2 aliphatic heterocycles. The third-order valence-electron chi connectivity index (χ3n) is 6.38. The lowest BCUT2D eigenvalue weighted by molar-refractivity contribution is -0.173. The smallest absolute Gasteiger partial charge is 0.408 e. The number of halogens is 5. The average molecular weight is 523 g/mol. The highest BCUT2D eigenvalue weighted by Gasteiger charge is 2.47. The van der Waals surface area contributed by atoms with Crippen molar-refractivity contribution >= 4 is 17.7 Å². The molecule has 2 aromatic carbocycles. The molecule has 1 aromatic heterocycles. The summed E-state index contributed by atoms with van der Waals surface area (Å²) in [6.07, 6.45) is -3.66. The van der Waals surface area contributed by atoms with E-state index in [1.54, 1.807) is 6.07 Å². The number of hydrogen-bond acceptors (Lipinski definition) is 5. The summed E-state index contributed by atoms with van der Waals surface area (Å²) in [4.78, 5) is 26.4. The molecule has 0 aliphatic carbocycles. The van der Waals surface area contributed by atoms with Crippen molar-refractivity contribution in [2.75, 3.05) is 11.7 Å². The van der Waals surface area contributed by atoms with Crippen LogP contribution in [0.1, 0.15) is 40.1 Å². The summed E-state index contributed by atoms with van der Waals surface area (Å²) in [5, 5.41) is 11.7. The second kappa shape index (κ2) is 8.54. The van der Waals surface area contributed by atoms with Gasteiger partial charge in [0.2, 0.25) is 5.43 Å². The summed E-state index contributed by atoms with van der Waals surface area (Å²) < 4.78 is 71.2. The highest BCUT2D eigenvalue weighted by Crippen LogP contribution is 2.44. The van der Waals surface area contributed by atoms with E-state index in [1.165, 1.54) is 47.1 Å². The van der Waals surface area contributed by atoms with Gasteiger partial charge in [-0.1, -0.05) is 6.07 Å². The van der Waals surface area contributed by atoms with Crippen LogP contribution in [0.2, 0.25) is 0 Å². The van der Waals surface area contributed by atoms with E-state index in [2.05, 4.69) is 0 Å². The third kappa shape index (κ3) is 3.89. The van der Waals surface area contributed by atoms with Gasteiger partial charge in [-0.3, -0.25) is 19.3 Å². The van der Waals surface area contributed by atoms with Crippen LogP contribution in [-0.2, 0) is 5.75 Å². The van der Waals surface area contributed by atoms with E-state index in [0.29, 0.717) is 32.2 Å². The zero-order valence-electron chi connectivity index (χ0n) is 18.6. The normalized spacial score (nSPS) is 18.3. The Bertz CT molecular complexity index is 1390. The minimum Gasteiger partial charge on any atom is -0.502 e. The fourth-order valence-corrected chi connectivity index (χ4v) is 5.57. The molecule has 0 fully saturated rings. The average Bonchev–Trinajstić information content (AvgIpc) is 2.96. The molecule has 1 amide bonds. The number of carbonyl (C=O) groups excluding carboxylic acids is 1. The van der Waals surface area contributed by atoms with Gasteiger partial charge in [0.05, 0.1) is 6.04 Å². The summed E-state index contributed by atoms with van der Waals surface area (Å²) in [5.74, 6) is -3.07. The Balaban J connectivity index is 1.80. The second-order valence-corrected chi connectivity index (χ2v) is 9.53. The van der Waals surface area contributed by atoms with E-state index in [1.807, 2.05) is 0 Å². The summed E-state index contributed by atoms with van der Waals surface area (Å²) in [6, 6.07) is 5.62. The van der Waals surface area contributed by atoms with E-state index >= 15 is 0 Å². The molecule has 1 N–H and O–H groups in total. The molecule has 0 spiro atoms. The van der Waals surface area contributed by atoms with Crippen molar-refractivity contribution in [1.29, 1.82) is 0 Å². The van der Waals surface area contributed by atoms with Crippen LogP contribution in [0.25, 0.3) is 0 Å². The van der Waals surface area contributed by atoms with Gasteiger partial charge in [-0.05, 0) is 53.9 Å². The fourth-order valence-electron chi connectivity index (χ4n) is 4.50. The molecule has 36 heavy (non-hydrogen) atoms.